The Kier molecular flexibility index (Phi) is 6.69. The van der Waals surface area contributed by atoms with Gasteiger partial charge in [-0.2, -0.15) is 0 Å². The molecule has 1 saturated heterocycles. The monoisotopic (exact) mass is 372 g/mol. The predicted molar refractivity (Wildman–Crippen MR) is 105 cm³/mol. The molecule has 148 valence electrons. The normalized spacial score (nSPS) is 20.9. The smallest absolute Gasteiger partial charge is 0.318 e. The van der Waals surface area contributed by atoms with Gasteiger partial charge in [-0.1, -0.05) is 25.3 Å². The number of aromatic nitrogens is 1. The molecule has 1 saturated carbocycles. The van der Waals surface area contributed by atoms with E-state index in [1.54, 1.807) is 6.20 Å². The maximum atomic E-state index is 13.0. The van der Waals surface area contributed by atoms with Crippen LogP contribution >= 0.6 is 0 Å². The molecule has 2 fully saturated rings. The van der Waals surface area contributed by atoms with Gasteiger partial charge in [-0.25, -0.2) is 4.79 Å². The molecule has 1 aromatic heterocycles. The standard InChI is InChI=1S/C21H32N4O2/c1-16(2)24-14-17(12-20(24)26)13-23-21(27)25(19-9-4-3-5-10-19)15-18-8-6-7-11-22-18/h6-8,11,16-17,19H,3-5,9-10,12-15H2,1-2H3,(H,23,27). The Bertz CT molecular complexity index is 628. The molecule has 0 aromatic carbocycles. The SMILES string of the molecule is CC(C)N1CC(CNC(=O)N(Cc2ccccn2)C2CCCCC2)CC1=O. The van der Waals surface area contributed by atoms with E-state index in [1.807, 2.05) is 41.8 Å². The van der Waals surface area contributed by atoms with Crippen molar-refractivity contribution in [1.29, 1.82) is 0 Å². The zero-order chi connectivity index (χ0) is 19.2. The van der Waals surface area contributed by atoms with E-state index < -0.39 is 0 Å². The van der Waals surface area contributed by atoms with Gasteiger partial charge < -0.3 is 15.1 Å². The van der Waals surface area contributed by atoms with E-state index in [1.165, 1.54) is 19.3 Å². The lowest BCUT2D eigenvalue weighted by Crippen LogP contribution is -2.47. The van der Waals surface area contributed by atoms with Gasteiger partial charge in [-0.15, -0.1) is 0 Å². The van der Waals surface area contributed by atoms with Gasteiger partial charge in [0, 0.05) is 43.7 Å². The number of urea groups is 1. The molecule has 1 aliphatic heterocycles. The summed E-state index contributed by atoms with van der Waals surface area (Å²) in [7, 11) is 0. The summed E-state index contributed by atoms with van der Waals surface area (Å²) >= 11 is 0. The number of carbonyl (C=O) groups excluding carboxylic acids is 2. The zero-order valence-corrected chi connectivity index (χ0v) is 16.6. The van der Waals surface area contributed by atoms with E-state index in [0.29, 0.717) is 19.5 Å². The average molecular weight is 373 g/mol. The van der Waals surface area contributed by atoms with Crippen LogP contribution in [0.5, 0.6) is 0 Å². The molecular formula is C21H32N4O2. The maximum Gasteiger partial charge on any atom is 0.318 e. The van der Waals surface area contributed by atoms with Crippen LogP contribution in [-0.2, 0) is 11.3 Å². The summed E-state index contributed by atoms with van der Waals surface area (Å²) in [5.41, 5.74) is 0.917. The molecule has 6 nitrogen and oxygen atoms in total. The Morgan fingerprint density at radius 2 is 2.07 bits per heavy atom. The average Bonchev–Trinajstić information content (AvgIpc) is 3.07. The molecule has 1 aliphatic carbocycles. The lowest BCUT2D eigenvalue weighted by molar-refractivity contribution is -0.129. The Balaban J connectivity index is 1.60. The Morgan fingerprint density at radius 3 is 2.70 bits per heavy atom. The van der Waals surface area contributed by atoms with E-state index in [0.717, 1.165) is 25.1 Å². The van der Waals surface area contributed by atoms with E-state index in [4.69, 9.17) is 0 Å². The summed E-state index contributed by atoms with van der Waals surface area (Å²) in [6.07, 6.45) is 8.03. The van der Waals surface area contributed by atoms with Gasteiger partial charge in [-0.05, 0) is 38.8 Å². The minimum absolute atomic E-state index is 0.0250. The summed E-state index contributed by atoms with van der Waals surface area (Å²) in [4.78, 5) is 33.3. The highest BCUT2D eigenvalue weighted by molar-refractivity contribution is 5.79. The summed E-state index contributed by atoms with van der Waals surface area (Å²) < 4.78 is 0. The van der Waals surface area contributed by atoms with Crippen molar-refractivity contribution in [3.05, 3.63) is 30.1 Å². The Hall–Kier alpha value is -2.11. The van der Waals surface area contributed by atoms with Crippen molar-refractivity contribution in [3.8, 4) is 0 Å². The van der Waals surface area contributed by atoms with Gasteiger partial charge in [0.15, 0.2) is 0 Å². The first-order valence-corrected chi connectivity index (χ1v) is 10.3. The number of pyridine rings is 1. The first-order chi connectivity index (χ1) is 13.0. The fourth-order valence-electron chi connectivity index (χ4n) is 4.20. The van der Waals surface area contributed by atoms with Crippen molar-refractivity contribution in [2.75, 3.05) is 13.1 Å². The molecule has 1 aromatic rings. The fraction of sp³-hybridized carbons (Fsp3) is 0.667. The van der Waals surface area contributed by atoms with Crippen LogP contribution in [0.1, 0.15) is 58.1 Å². The van der Waals surface area contributed by atoms with Gasteiger partial charge >= 0.3 is 6.03 Å². The third-order valence-corrected chi connectivity index (χ3v) is 5.74. The van der Waals surface area contributed by atoms with E-state index in [9.17, 15) is 9.59 Å². The first-order valence-electron chi connectivity index (χ1n) is 10.3. The highest BCUT2D eigenvalue weighted by atomic mass is 16.2. The van der Waals surface area contributed by atoms with Crippen LogP contribution in [0, 0.1) is 5.92 Å². The van der Waals surface area contributed by atoms with Crippen LogP contribution in [0.3, 0.4) is 0 Å². The highest BCUT2D eigenvalue weighted by Crippen LogP contribution is 2.24. The molecule has 3 amide bonds. The molecule has 1 atom stereocenters. The van der Waals surface area contributed by atoms with Gasteiger partial charge in [0.05, 0.1) is 12.2 Å². The topological polar surface area (TPSA) is 65.5 Å². The van der Waals surface area contributed by atoms with Crippen molar-refractivity contribution in [3.63, 3.8) is 0 Å². The van der Waals surface area contributed by atoms with Crippen molar-refractivity contribution in [2.45, 2.75) is 71.0 Å². The van der Waals surface area contributed by atoms with Crippen LogP contribution < -0.4 is 5.32 Å². The second kappa shape index (κ2) is 9.20. The predicted octanol–water partition coefficient (Wildman–Crippen LogP) is 3.18. The second-order valence-corrected chi connectivity index (χ2v) is 8.14. The van der Waals surface area contributed by atoms with Crippen LogP contribution in [0.15, 0.2) is 24.4 Å². The molecule has 0 radical (unpaired) electrons. The molecule has 3 rings (SSSR count). The minimum Gasteiger partial charge on any atom is -0.340 e. The van der Waals surface area contributed by atoms with Crippen LogP contribution in [0.2, 0.25) is 0 Å². The molecular weight excluding hydrogens is 340 g/mol. The number of likely N-dealkylation sites (tertiary alicyclic amines) is 1. The summed E-state index contributed by atoms with van der Waals surface area (Å²) in [6, 6.07) is 6.30. The second-order valence-electron chi connectivity index (χ2n) is 8.14. The highest BCUT2D eigenvalue weighted by Gasteiger charge is 2.32. The van der Waals surface area contributed by atoms with Gasteiger partial charge in [0.1, 0.15) is 0 Å². The maximum absolute atomic E-state index is 13.0. The molecule has 1 N–H and O–H groups in total. The van der Waals surface area contributed by atoms with Crippen LogP contribution in [-0.4, -0.2) is 51.9 Å². The number of nitrogens with zero attached hydrogens (tertiary/aromatic N) is 3. The molecule has 1 unspecified atom stereocenters. The minimum atomic E-state index is -0.0250. The number of hydrogen-bond acceptors (Lipinski definition) is 3. The van der Waals surface area contributed by atoms with Crippen molar-refractivity contribution in [1.82, 2.24) is 20.1 Å². The van der Waals surface area contributed by atoms with Crippen LogP contribution in [0.4, 0.5) is 4.79 Å². The van der Waals surface area contributed by atoms with Crippen molar-refractivity contribution < 1.29 is 9.59 Å². The van der Waals surface area contributed by atoms with E-state index in [-0.39, 0.29) is 29.9 Å². The Morgan fingerprint density at radius 1 is 1.30 bits per heavy atom. The van der Waals surface area contributed by atoms with E-state index in [2.05, 4.69) is 10.3 Å². The number of rotatable bonds is 6. The van der Waals surface area contributed by atoms with Gasteiger partial charge in [-0.3, -0.25) is 9.78 Å². The molecule has 27 heavy (non-hydrogen) atoms. The third kappa shape index (κ3) is 5.21. The van der Waals surface area contributed by atoms with Crippen molar-refractivity contribution >= 4 is 11.9 Å². The first kappa shape index (κ1) is 19.6. The van der Waals surface area contributed by atoms with Gasteiger partial charge in [0.25, 0.3) is 0 Å². The Labute approximate surface area is 162 Å². The fourth-order valence-corrected chi connectivity index (χ4v) is 4.20. The lowest BCUT2D eigenvalue weighted by atomic mass is 9.94. The lowest BCUT2D eigenvalue weighted by Gasteiger charge is -2.34. The molecule has 0 spiro atoms. The summed E-state index contributed by atoms with van der Waals surface area (Å²) in [5, 5.41) is 3.10. The third-order valence-electron chi connectivity index (χ3n) is 5.74. The molecule has 2 heterocycles. The molecule has 6 heteroatoms. The molecule has 0 bridgehead atoms. The largest absolute Gasteiger partial charge is 0.340 e. The number of carbonyl (C=O) groups is 2. The summed E-state index contributed by atoms with van der Waals surface area (Å²) in [6.45, 7) is 5.91. The number of amides is 3. The van der Waals surface area contributed by atoms with Crippen molar-refractivity contribution in [2.24, 2.45) is 5.92 Å². The number of hydrogen-bond donors (Lipinski definition) is 1. The zero-order valence-electron chi connectivity index (χ0n) is 16.6. The van der Waals surface area contributed by atoms with Crippen LogP contribution in [0.25, 0.3) is 0 Å². The number of nitrogens with one attached hydrogen (secondary N) is 1. The quantitative estimate of drug-likeness (QED) is 0.834. The van der Waals surface area contributed by atoms with E-state index >= 15 is 0 Å². The van der Waals surface area contributed by atoms with Gasteiger partial charge in [0.2, 0.25) is 5.91 Å². The summed E-state index contributed by atoms with van der Waals surface area (Å²) in [5.74, 6) is 0.397. The molecule has 2 aliphatic rings.